The third kappa shape index (κ3) is 2.07. The fourth-order valence-electron chi connectivity index (χ4n) is 5.55. The van der Waals surface area contributed by atoms with Crippen LogP contribution in [0.5, 0.6) is 5.75 Å². The van der Waals surface area contributed by atoms with Gasteiger partial charge in [-0.15, -0.1) is 0 Å². The van der Waals surface area contributed by atoms with E-state index >= 15 is 0 Å². The van der Waals surface area contributed by atoms with Gasteiger partial charge in [-0.2, -0.15) is 0 Å². The molecule has 1 aromatic rings. The van der Waals surface area contributed by atoms with E-state index in [1.807, 2.05) is 25.1 Å². The Morgan fingerprint density at radius 2 is 1.96 bits per heavy atom. The van der Waals surface area contributed by atoms with Gasteiger partial charge in [0, 0.05) is 23.8 Å². The predicted molar refractivity (Wildman–Crippen MR) is 90.2 cm³/mol. The van der Waals surface area contributed by atoms with Crippen LogP contribution < -0.4 is 4.74 Å². The number of rotatable bonds is 2. The van der Waals surface area contributed by atoms with Crippen LogP contribution in [0.3, 0.4) is 0 Å². The summed E-state index contributed by atoms with van der Waals surface area (Å²) >= 11 is 0. The molecule has 1 aliphatic heterocycles. The summed E-state index contributed by atoms with van der Waals surface area (Å²) in [7, 11) is 1.65. The van der Waals surface area contributed by atoms with Crippen molar-refractivity contribution in [3.05, 3.63) is 29.3 Å². The molecule has 0 spiro atoms. The Kier molecular flexibility index (Phi) is 3.44. The number of esters is 2. The van der Waals surface area contributed by atoms with Gasteiger partial charge in [0.1, 0.15) is 11.9 Å². The van der Waals surface area contributed by atoms with E-state index in [-0.39, 0.29) is 23.3 Å². The maximum atomic E-state index is 12.7. The van der Waals surface area contributed by atoms with Crippen molar-refractivity contribution in [1.82, 2.24) is 0 Å². The molecule has 5 heteroatoms. The van der Waals surface area contributed by atoms with Crippen LogP contribution in [-0.4, -0.2) is 25.2 Å². The number of ether oxygens (including phenoxy) is 3. The fourth-order valence-corrected chi connectivity index (χ4v) is 5.55. The lowest BCUT2D eigenvalue weighted by atomic mass is 9.49. The third-order valence-electron chi connectivity index (χ3n) is 6.58. The van der Waals surface area contributed by atoms with Gasteiger partial charge in [-0.1, -0.05) is 19.4 Å². The number of carbonyl (C=O) groups is 2. The van der Waals surface area contributed by atoms with Gasteiger partial charge in [-0.25, -0.2) is 0 Å². The number of fused-ring (bicyclic) bond motifs is 2. The largest absolute Gasteiger partial charge is 0.497 e. The minimum Gasteiger partial charge on any atom is -0.497 e. The van der Waals surface area contributed by atoms with Gasteiger partial charge >= 0.3 is 11.9 Å². The van der Waals surface area contributed by atoms with Crippen molar-refractivity contribution < 1.29 is 23.8 Å². The summed E-state index contributed by atoms with van der Waals surface area (Å²) in [5.74, 6) is 0.240. The van der Waals surface area contributed by atoms with Crippen LogP contribution in [0, 0.1) is 11.3 Å². The first-order valence-electron chi connectivity index (χ1n) is 8.88. The highest BCUT2D eigenvalue weighted by atomic mass is 16.6. The summed E-state index contributed by atoms with van der Waals surface area (Å²) in [6.07, 6.45) is 1.79. The number of hydrogen-bond donors (Lipinski definition) is 0. The molecule has 1 saturated heterocycles. The molecule has 0 unspecified atom stereocenters. The maximum Gasteiger partial charge on any atom is 0.312 e. The molecule has 2 fully saturated rings. The Bertz CT molecular complexity index is 756. The molecular formula is C20H24O5. The van der Waals surface area contributed by atoms with Crippen molar-refractivity contribution in [3.8, 4) is 5.75 Å². The zero-order chi connectivity index (χ0) is 18.0. The summed E-state index contributed by atoms with van der Waals surface area (Å²) in [6, 6.07) is 5.86. The normalized spacial score (nSPS) is 38.4. The van der Waals surface area contributed by atoms with E-state index in [0.717, 1.165) is 36.1 Å². The van der Waals surface area contributed by atoms with E-state index in [4.69, 9.17) is 14.2 Å². The topological polar surface area (TPSA) is 61.8 Å². The van der Waals surface area contributed by atoms with Gasteiger partial charge < -0.3 is 14.2 Å². The van der Waals surface area contributed by atoms with Crippen LogP contribution >= 0.6 is 0 Å². The maximum absolute atomic E-state index is 12.7. The molecule has 25 heavy (non-hydrogen) atoms. The molecule has 5 nitrogen and oxygen atoms in total. The van der Waals surface area contributed by atoms with Crippen LogP contribution in [0.4, 0.5) is 0 Å². The quantitative estimate of drug-likeness (QED) is 0.770. The minimum absolute atomic E-state index is 0.00907. The molecule has 134 valence electrons. The first-order chi connectivity index (χ1) is 11.8. The second-order valence-electron chi connectivity index (χ2n) is 8.02. The standard InChI is InChI=1S/C20H24O5/c1-11(21)24-15-13-7-6-12(23-4)10-14(13)19(2)8-5-9-20(3)17(19)16(15)25-18(20)22/h6-7,10,15-17H,5,8-9H2,1-4H3/t15-,16-,17-,19-,20+/m1/s1. The van der Waals surface area contributed by atoms with E-state index in [2.05, 4.69) is 6.92 Å². The Hall–Kier alpha value is -2.04. The molecule has 1 aromatic carbocycles. The Morgan fingerprint density at radius 3 is 2.64 bits per heavy atom. The van der Waals surface area contributed by atoms with E-state index in [1.165, 1.54) is 6.92 Å². The summed E-state index contributed by atoms with van der Waals surface area (Å²) in [6.45, 7) is 5.62. The van der Waals surface area contributed by atoms with Crippen molar-refractivity contribution in [2.45, 2.75) is 57.7 Å². The molecular weight excluding hydrogens is 320 g/mol. The van der Waals surface area contributed by atoms with Crippen molar-refractivity contribution in [2.24, 2.45) is 11.3 Å². The number of methoxy groups -OCH3 is 1. The summed E-state index contributed by atoms with van der Waals surface area (Å²) in [4.78, 5) is 24.5. The molecule has 0 amide bonds. The van der Waals surface area contributed by atoms with Crippen molar-refractivity contribution in [3.63, 3.8) is 0 Å². The zero-order valence-corrected chi connectivity index (χ0v) is 15.1. The number of hydrogen-bond acceptors (Lipinski definition) is 5. The fraction of sp³-hybridized carbons (Fsp3) is 0.600. The van der Waals surface area contributed by atoms with Gasteiger partial charge in [0.2, 0.25) is 0 Å². The Morgan fingerprint density at radius 1 is 1.24 bits per heavy atom. The summed E-state index contributed by atoms with van der Waals surface area (Å²) in [5, 5.41) is 0. The third-order valence-corrected chi connectivity index (χ3v) is 6.58. The monoisotopic (exact) mass is 344 g/mol. The van der Waals surface area contributed by atoms with Gasteiger partial charge in [-0.05, 0) is 37.5 Å². The van der Waals surface area contributed by atoms with E-state index in [1.54, 1.807) is 7.11 Å². The van der Waals surface area contributed by atoms with Gasteiger partial charge in [0.15, 0.2) is 6.10 Å². The molecule has 0 aromatic heterocycles. The smallest absolute Gasteiger partial charge is 0.312 e. The summed E-state index contributed by atoms with van der Waals surface area (Å²) in [5.41, 5.74) is 1.31. The SMILES string of the molecule is COc1ccc2c(c1)[C@@]1(C)CCC[C@]3(C)C(=O)O[C@H]([C@@H]2OC(C)=O)[C@@H]31. The number of benzene rings is 1. The zero-order valence-electron chi connectivity index (χ0n) is 15.1. The van der Waals surface area contributed by atoms with E-state index in [0.29, 0.717) is 0 Å². The van der Waals surface area contributed by atoms with E-state index in [9.17, 15) is 9.59 Å². The minimum atomic E-state index is -0.555. The number of carbonyl (C=O) groups excluding carboxylic acids is 2. The van der Waals surface area contributed by atoms with E-state index < -0.39 is 17.6 Å². The lowest BCUT2D eigenvalue weighted by molar-refractivity contribution is -0.164. The van der Waals surface area contributed by atoms with Gasteiger partial charge in [-0.3, -0.25) is 9.59 Å². The second kappa shape index (κ2) is 5.23. The molecule has 1 saturated carbocycles. The van der Waals surface area contributed by atoms with Gasteiger partial charge in [0.05, 0.1) is 12.5 Å². The molecule has 0 bridgehead atoms. The predicted octanol–water partition coefficient (Wildman–Crippen LogP) is 3.30. The first-order valence-corrected chi connectivity index (χ1v) is 8.88. The van der Waals surface area contributed by atoms with Crippen LogP contribution in [0.1, 0.15) is 57.3 Å². The second-order valence-corrected chi connectivity index (χ2v) is 8.02. The molecule has 3 aliphatic rings. The highest BCUT2D eigenvalue weighted by Crippen LogP contribution is 2.64. The molecule has 2 aliphatic carbocycles. The molecule has 0 N–H and O–H groups in total. The van der Waals surface area contributed by atoms with Crippen LogP contribution in [0.25, 0.3) is 0 Å². The van der Waals surface area contributed by atoms with Crippen molar-refractivity contribution >= 4 is 11.9 Å². The van der Waals surface area contributed by atoms with Crippen LogP contribution in [0.2, 0.25) is 0 Å². The average molecular weight is 344 g/mol. The van der Waals surface area contributed by atoms with Crippen molar-refractivity contribution in [2.75, 3.05) is 7.11 Å². The Balaban J connectivity index is 1.95. The summed E-state index contributed by atoms with van der Waals surface area (Å²) < 4.78 is 16.9. The highest BCUT2D eigenvalue weighted by Gasteiger charge is 2.67. The first kappa shape index (κ1) is 16.4. The molecule has 0 radical (unpaired) electrons. The highest BCUT2D eigenvalue weighted by molar-refractivity contribution is 5.81. The molecule has 1 heterocycles. The lowest BCUT2D eigenvalue weighted by Gasteiger charge is -2.52. The lowest BCUT2D eigenvalue weighted by Crippen LogP contribution is -2.54. The molecule has 4 rings (SSSR count). The van der Waals surface area contributed by atoms with Crippen molar-refractivity contribution in [1.29, 1.82) is 0 Å². The van der Waals surface area contributed by atoms with Crippen LogP contribution in [0.15, 0.2) is 18.2 Å². The van der Waals surface area contributed by atoms with Crippen LogP contribution in [-0.2, 0) is 24.5 Å². The Labute approximate surface area is 147 Å². The van der Waals surface area contributed by atoms with Gasteiger partial charge in [0.25, 0.3) is 0 Å². The average Bonchev–Trinajstić information content (AvgIpc) is 2.84. The molecule has 5 atom stereocenters.